The normalized spacial score (nSPS) is 18.9. The van der Waals surface area contributed by atoms with Crippen molar-refractivity contribution in [3.8, 4) is 0 Å². The van der Waals surface area contributed by atoms with Crippen LogP contribution in [0.5, 0.6) is 0 Å². The van der Waals surface area contributed by atoms with Gasteiger partial charge in [0.05, 0.1) is 6.54 Å². The Labute approximate surface area is 113 Å². The van der Waals surface area contributed by atoms with Crippen LogP contribution in [-0.4, -0.2) is 42.5 Å². The number of pyridine rings is 1. The molecule has 1 aliphatic heterocycles. The minimum atomic E-state index is 0.150. The predicted octanol–water partition coefficient (Wildman–Crippen LogP) is 0.307. The molecule has 0 atom stereocenters. The van der Waals surface area contributed by atoms with Gasteiger partial charge in [0.25, 0.3) is 0 Å². The Morgan fingerprint density at radius 1 is 1.37 bits per heavy atom. The van der Waals surface area contributed by atoms with Crippen LogP contribution in [0.2, 0.25) is 0 Å². The molecular formula is C14H20N4O. The van der Waals surface area contributed by atoms with Crippen LogP contribution in [0.3, 0.4) is 0 Å². The molecule has 1 aliphatic carbocycles. The summed E-state index contributed by atoms with van der Waals surface area (Å²) in [6.07, 6.45) is 3.34. The van der Waals surface area contributed by atoms with E-state index in [1.807, 2.05) is 7.05 Å². The molecule has 0 aromatic carbocycles. The highest BCUT2D eigenvalue weighted by atomic mass is 16.2. The molecule has 5 heteroatoms. The van der Waals surface area contributed by atoms with Gasteiger partial charge >= 0.3 is 0 Å². The predicted molar refractivity (Wildman–Crippen MR) is 74.0 cm³/mol. The highest BCUT2D eigenvalue weighted by Crippen LogP contribution is 2.27. The lowest BCUT2D eigenvalue weighted by Crippen LogP contribution is -2.49. The number of aryl methyl sites for hydroxylation is 2. The molecule has 2 N–H and O–H groups in total. The topological polar surface area (TPSA) is 62.5 Å². The number of fused-ring (bicyclic) bond motifs is 1. The van der Waals surface area contributed by atoms with E-state index in [4.69, 9.17) is 10.7 Å². The molecule has 0 unspecified atom stereocenters. The number of nitrogens with two attached hydrogens (primary N) is 1. The maximum atomic E-state index is 11.8. The fraction of sp³-hybridized carbons (Fsp3) is 0.571. The van der Waals surface area contributed by atoms with E-state index in [0.29, 0.717) is 13.1 Å². The maximum Gasteiger partial charge on any atom is 0.241 e. The van der Waals surface area contributed by atoms with Crippen LogP contribution in [0.15, 0.2) is 6.07 Å². The van der Waals surface area contributed by atoms with Crippen LogP contribution in [0.4, 0.5) is 5.82 Å². The first-order valence-corrected chi connectivity index (χ1v) is 6.89. The van der Waals surface area contributed by atoms with Gasteiger partial charge in [0, 0.05) is 37.9 Å². The lowest BCUT2D eigenvalue weighted by Gasteiger charge is -2.34. The zero-order chi connectivity index (χ0) is 13.4. The summed E-state index contributed by atoms with van der Waals surface area (Å²) in [5.74, 6) is 1.07. The average Bonchev–Trinajstić information content (AvgIpc) is 2.87. The summed E-state index contributed by atoms with van der Waals surface area (Å²) in [5, 5.41) is 0. The van der Waals surface area contributed by atoms with Crippen LogP contribution in [0.25, 0.3) is 0 Å². The number of aromatic nitrogens is 1. The van der Waals surface area contributed by atoms with Crippen LogP contribution in [0, 0.1) is 0 Å². The molecule has 0 saturated carbocycles. The number of piperazine rings is 1. The molecular weight excluding hydrogens is 240 g/mol. The quantitative estimate of drug-likeness (QED) is 0.831. The van der Waals surface area contributed by atoms with E-state index in [1.54, 1.807) is 4.90 Å². The second-order valence-electron chi connectivity index (χ2n) is 5.37. The van der Waals surface area contributed by atoms with Gasteiger partial charge in [-0.15, -0.1) is 0 Å². The van der Waals surface area contributed by atoms with E-state index in [-0.39, 0.29) is 5.91 Å². The molecule has 1 aromatic heterocycles. The summed E-state index contributed by atoms with van der Waals surface area (Å²) in [6, 6.07) is 2.19. The molecule has 0 radical (unpaired) electrons. The van der Waals surface area contributed by atoms with Crippen LogP contribution >= 0.6 is 0 Å². The molecule has 5 nitrogen and oxygen atoms in total. The molecule has 1 fully saturated rings. The van der Waals surface area contributed by atoms with E-state index in [9.17, 15) is 4.79 Å². The van der Waals surface area contributed by atoms with Gasteiger partial charge in [-0.05, 0) is 30.9 Å². The summed E-state index contributed by atoms with van der Waals surface area (Å²) in [6.45, 7) is 2.48. The SMILES string of the molecule is CN1CCN(c2nc3c(cc2CN)CCC3)CC1=O. The Morgan fingerprint density at radius 3 is 2.95 bits per heavy atom. The third-order valence-electron chi connectivity index (χ3n) is 4.08. The van der Waals surface area contributed by atoms with E-state index in [2.05, 4.69) is 11.0 Å². The van der Waals surface area contributed by atoms with Crippen molar-refractivity contribution < 1.29 is 4.79 Å². The molecule has 1 saturated heterocycles. The molecule has 0 bridgehead atoms. The average molecular weight is 260 g/mol. The number of anilines is 1. The van der Waals surface area contributed by atoms with Gasteiger partial charge in [-0.1, -0.05) is 0 Å². The third kappa shape index (κ3) is 2.18. The minimum Gasteiger partial charge on any atom is -0.345 e. The van der Waals surface area contributed by atoms with Crippen molar-refractivity contribution in [2.75, 3.05) is 31.6 Å². The minimum absolute atomic E-state index is 0.150. The Bertz CT molecular complexity index is 514. The molecule has 3 rings (SSSR count). The lowest BCUT2D eigenvalue weighted by molar-refractivity contribution is -0.129. The van der Waals surface area contributed by atoms with Crippen LogP contribution in [-0.2, 0) is 24.2 Å². The molecule has 1 aromatic rings. The van der Waals surface area contributed by atoms with Gasteiger partial charge in [-0.2, -0.15) is 0 Å². The van der Waals surface area contributed by atoms with E-state index < -0.39 is 0 Å². The van der Waals surface area contributed by atoms with Gasteiger partial charge in [0.1, 0.15) is 5.82 Å². The first-order chi connectivity index (χ1) is 9.19. The fourth-order valence-corrected chi connectivity index (χ4v) is 2.87. The Hall–Kier alpha value is -1.62. The monoisotopic (exact) mass is 260 g/mol. The van der Waals surface area contributed by atoms with Crippen molar-refractivity contribution in [3.05, 3.63) is 22.9 Å². The van der Waals surface area contributed by atoms with Crippen molar-refractivity contribution in [2.24, 2.45) is 5.73 Å². The summed E-state index contributed by atoms with van der Waals surface area (Å²) < 4.78 is 0. The van der Waals surface area contributed by atoms with Gasteiger partial charge in [-0.25, -0.2) is 4.98 Å². The number of rotatable bonds is 2. The number of hydrogen-bond acceptors (Lipinski definition) is 4. The first-order valence-electron chi connectivity index (χ1n) is 6.89. The maximum absolute atomic E-state index is 11.8. The van der Waals surface area contributed by atoms with E-state index in [1.165, 1.54) is 17.7 Å². The highest BCUT2D eigenvalue weighted by molar-refractivity contribution is 5.82. The van der Waals surface area contributed by atoms with Crippen LogP contribution in [0.1, 0.15) is 23.2 Å². The van der Waals surface area contributed by atoms with Crippen molar-refractivity contribution in [3.63, 3.8) is 0 Å². The zero-order valence-corrected chi connectivity index (χ0v) is 11.4. The Balaban J connectivity index is 1.93. The number of nitrogens with zero attached hydrogens (tertiary/aromatic N) is 3. The highest BCUT2D eigenvalue weighted by Gasteiger charge is 2.25. The summed E-state index contributed by atoms with van der Waals surface area (Å²) in [7, 11) is 1.85. The van der Waals surface area contributed by atoms with Crippen molar-refractivity contribution in [2.45, 2.75) is 25.8 Å². The second-order valence-corrected chi connectivity index (χ2v) is 5.37. The first kappa shape index (κ1) is 12.4. The number of likely N-dealkylation sites (N-methyl/N-ethyl adjacent to an activating group) is 1. The molecule has 0 spiro atoms. The standard InChI is InChI=1S/C14H20N4O/c1-17-5-6-18(9-13(17)19)14-11(8-15)7-10-3-2-4-12(10)16-14/h7H,2-6,8-9,15H2,1H3. The number of amides is 1. The second kappa shape index (κ2) is 4.81. The van der Waals surface area contributed by atoms with Gasteiger partial charge in [0.15, 0.2) is 0 Å². The van der Waals surface area contributed by atoms with E-state index >= 15 is 0 Å². The van der Waals surface area contributed by atoms with Gasteiger partial charge < -0.3 is 15.5 Å². The summed E-state index contributed by atoms with van der Waals surface area (Å²) in [5.41, 5.74) is 9.45. The lowest BCUT2D eigenvalue weighted by atomic mass is 10.1. The Morgan fingerprint density at radius 2 is 2.21 bits per heavy atom. The molecule has 1 amide bonds. The third-order valence-corrected chi connectivity index (χ3v) is 4.08. The Kier molecular flexibility index (Phi) is 3.14. The smallest absolute Gasteiger partial charge is 0.241 e. The van der Waals surface area contributed by atoms with Gasteiger partial charge in [0.2, 0.25) is 5.91 Å². The van der Waals surface area contributed by atoms with Crippen molar-refractivity contribution in [1.82, 2.24) is 9.88 Å². The van der Waals surface area contributed by atoms with Gasteiger partial charge in [-0.3, -0.25) is 4.79 Å². The van der Waals surface area contributed by atoms with Crippen molar-refractivity contribution >= 4 is 11.7 Å². The number of carbonyl (C=O) groups excluding carboxylic acids is 1. The number of carbonyl (C=O) groups is 1. The zero-order valence-electron chi connectivity index (χ0n) is 11.4. The molecule has 19 heavy (non-hydrogen) atoms. The number of hydrogen-bond donors (Lipinski definition) is 1. The molecule has 2 aliphatic rings. The summed E-state index contributed by atoms with van der Waals surface area (Å²) >= 11 is 0. The fourth-order valence-electron chi connectivity index (χ4n) is 2.87. The summed E-state index contributed by atoms with van der Waals surface area (Å²) in [4.78, 5) is 20.5. The molecule has 2 heterocycles. The largest absolute Gasteiger partial charge is 0.345 e. The van der Waals surface area contributed by atoms with Crippen LogP contribution < -0.4 is 10.6 Å². The van der Waals surface area contributed by atoms with E-state index in [0.717, 1.165) is 37.3 Å². The van der Waals surface area contributed by atoms with Crippen molar-refractivity contribution in [1.29, 1.82) is 0 Å². The molecule has 102 valence electrons.